The number of rotatable bonds is 4. The maximum atomic E-state index is 11.1. The molecule has 1 heterocycles. The van der Waals surface area contributed by atoms with Crippen LogP contribution in [0.15, 0.2) is 18.2 Å². The average Bonchev–Trinajstić information content (AvgIpc) is 2.26. The Kier molecular flexibility index (Phi) is 3.85. The molecular formula is C14H18O3S. The molecular weight excluding hydrogens is 248 g/mol. The summed E-state index contributed by atoms with van der Waals surface area (Å²) in [6, 6.07) is 6.02. The molecule has 18 heavy (non-hydrogen) atoms. The smallest absolute Gasteiger partial charge is 0.308 e. The van der Waals surface area contributed by atoms with Crippen molar-refractivity contribution in [2.75, 3.05) is 12.9 Å². The Labute approximate surface area is 112 Å². The minimum absolute atomic E-state index is 0.0888. The second-order valence-corrected chi connectivity index (χ2v) is 6.03. The van der Waals surface area contributed by atoms with E-state index in [0.29, 0.717) is 11.7 Å². The standard InChI is InChI=1S/C14H18O3S/c1-8(2)10-6-9(4-5-12(10)17-3)13-11(7-18-13)14(15)16/h4-6,8,11,13H,7H2,1-3H3,(H,15,16). The quantitative estimate of drug-likeness (QED) is 0.908. The predicted molar refractivity (Wildman–Crippen MR) is 73.4 cm³/mol. The molecule has 0 saturated carbocycles. The van der Waals surface area contributed by atoms with Crippen LogP contribution in [-0.4, -0.2) is 23.9 Å². The molecule has 3 nitrogen and oxygen atoms in total. The number of thioether (sulfide) groups is 1. The highest BCUT2D eigenvalue weighted by molar-refractivity contribution is 8.01. The number of methoxy groups -OCH3 is 1. The largest absolute Gasteiger partial charge is 0.496 e. The molecule has 1 N–H and O–H groups in total. The van der Waals surface area contributed by atoms with Crippen molar-refractivity contribution in [1.82, 2.24) is 0 Å². The average molecular weight is 266 g/mol. The molecule has 2 atom stereocenters. The SMILES string of the molecule is COc1ccc(C2SCC2C(=O)O)cc1C(C)C. The minimum atomic E-state index is -0.694. The van der Waals surface area contributed by atoms with Gasteiger partial charge >= 0.3 is 5.97 Å². The second kappa shape index (κ2) is 5.22. The number of ether oxygens (including phenoxy) is 1. The summed E-state index contributed by atoms with van der Waals surface area (Å²) >= 11 is 1.71. The Bertz CT molecular complexity index is 456. The summed E-state index contributed by atoms with van der Waals surface area (Å²) in [7, 11) is 1.67. The van der Waals surface area contributed by atoms with Gasteiger partial charge in [-0.1, -0.05) is 26.0 Å². The van der Waals surface area contributed by atoms with E-state index in [1.54, 1.807) is 18.9 Å². The number of aliphatic carboxylic acids is 1. The van der Waals surface area contributed by atoms with E-state index < -0.39 is 5.97 Å². The summed E-state index contributed by atoms with van der Waals surface area (Å²) in [5.74, 6) is 1.02. The number of carboxylic acid groups (broad SMARTS) is 1. The van der Waals surface area contributed by atoms with E-state index in [2.05, 4.69) is 19.9 Å². The van der Waals surface area contributed by atoms with E-state index in [4.69, 9.17) is 9.84 Å². The van der Waals surface area contributed by atoms with Crippen molar-refractivity contribution in [3.63, 3.8) is 0 Å². The van der Waals surface area contributed by atoms with E-state index >= 15 is 0 Å². The zero-order valence-electron chi connectivity index (χ0n) is 10.8. The van der Waals surface area contributed by atoms with E-state index in [-0.39, 0.29) is 11.2 Å². The van der Waals surface area contributed by atoms with Crippen LogP contribution < -0.4 is 4.74 Å². The molecule has 1 saturated heterocycles. The molecule has 4 heteroatoms. The fourth-order valence-corrected chi connectivity index (χ4v) is 3.37. The second-order valence-electron chi connectivity index (χ2n) is 4.85. The maximum Gasteiger partial charge on any atom is 0.308 e. The lowest BCUT2D eigenvalue weighted by molar-refractivity contribution is -0.141. The molecule has 98 valence electrons. The molecule has 2 unspecified atom stereocenters. The van der Waals surface area contributed by atoms with Gasteiger partial charge in [-0.05, 0) is 23.1 Å². The van der Waals surface area contributed by atoms with Gasteiger partial charge in [0, 0.05) is 11.0 Å². The normalized spacial score (nSPS) is 22.7. The van der Waals surface area contributed by atoms with Gasteiger partial charge in [-0.3, -0.25) is 4.79 Å². The van der Waals surface area contributed by atoms with E-state index in [0.717, 1.165) is 16.9 Å². The molecule has 1 aromatic carbocycles. The Balaban J connectivity index is 2.30. The summed E-state index contributed by atoms with van der Waals surface area (Å²) in [5, 5.41) is 9.20. The third-order valence-corrected chi connectivity index (χ3v) is 4.85. The number of benzene rings is 1. The zero-order chi connectivity index (χ0) is 13.3. The van der Waals surface area contributed by atoms with Crippen molar-refractivity contribution in [1.29, 1.82) is 0 Å². The van der Waals surface area contributed by atoms with Crippen LogP contribution in [0, 0.1) is 5.92 Å². The lowest BCUT2D eigenvalue weighted by Crippen LogP contribution is -2.31. The predicted octanol–water partition coefficient (Wildman–Crippen LogP) is 3.31. The molecule has 0 bridgehead atoms. The van der Waals surface area contributed by atoms with Crippen LogP contribution in [0.3, 0.4) is 0 Å². The first-order chi connectivity index (χ1) is 8.54. The number of carboxylic acids is 1. The Morgan fingerprint density at radius 2 is 2.22 bits per heavy atom. The molecule has 0 spiro atoms. The third kappa shape index (κ3) is 2.34. The highest BCUT2D eigenvalue weighted by Crippen LogP contribution is 2.48. The fourth-order valence-electron chi connectivity index (χ4n) is 2.20. The zero-order valence-corrected chi connectivity index (χ0v) is 11.7. The maximum absolute atomic E-state index is 11.1. The molecule has 1 fully saturated rings. The minimum Gasteiger partial charge on any atom is -0.496 e. The van der Waals surface area contributed by atoms with Crippen LogP contribution in [-0.2, 0) is 4.79 Å². The topological polar surface area (TPSA) is 46.5 Å². The lowest BCUT2D eigenvalue weighted by Gasteiger charge is -2.33. The van der Waals surface area contributed by atoms with Crippen LogP contribution in [0.4, 0.5) is 0 Å². The van der Waals surface area contributed by atoms with E-state index in [1.165, 1.54) is 0 Å². The number of hydrogen-bond donors (Lipinski definition) is 1. The van der Waals surface area contributed by atoms with Gasteiger partial charge in [-0.15, -0.1) is 0 Å². The molecule has 0 radical (unpaired) electrons. The van der Waals surface area contributed by atoms with Gasteiger partial charge in [0.05, 0.1) is 13.0 Å². The van der Waals surface area contributed by atoms with Gasteiger partial charge in [0.1, 0.15) is 5.75 Å². The Hall–Kier alpha value is -1.16. The summed E-state index contributed by atoms with van der Waals surface area (Å²) in [6.07, 6.45) is 0. The monoisotopic (exact) mass is 266 g/mol. The van der Waals surface area contributed by atoms with Crippen LogP contribution in [0.1, 0.15) is 36.1 Å². The van der Waals surface area contributed by atoms with Crippen molar-refractivity contribution in [2.24, 2.45) is 5.92 Å². The van der Waals surface area contributed by atoms with Crippen LogP contribution in [0.2, 0.25) is 0 Å². The first kappa shape index (κ1) is 13.3. The van der Waals surface area contributed by atoms with Crippen molar-refractivity contribution >= 4 is 17.7 Å². The summed E-state index contributed by atoms with van der Waals surface area (Å²) < 4.78 is 5.34. The van der Waals surface area contributed by atoms with E-state index in [9.17, 15) is 4.79 Å². The van der Waals surface area contributed by atoms with Gasteiger partial charge in [-0.2, -0.15) is 11.8 Å². The molecule has 1 aliphatic heterocycles. The van der Waals surface area contributed by atoms with Crippen molar-refractivity contribution in [3.05, 3.63) is 29.3 Å². The summed E-state index contributed by atoms with van der Waals surface area (Å²) in [4.78, 5) is 11.1. The number of hydrogen-bond acceptors (Lipinski definition) is 3. The first-order valence-corrected chi connectivity index (χ1v) is 7.11. The van der Waals surface area contributed by atoms with Crippen molar-refractivity contribution < 1.29 is 14.6 Å². The molecule has 0 aromatic heterocycles. The van der Waals surface area contributed by atoms with Crippen LogP contribution in [0.5, 0.6) is 5.75 Å². The fraction of sp³-hybridized carbons (Fsp3) is 0.500. The van der Waals surface area contributed by atoms with Gasteiger partial charge in [0.25, 0.3) is 0 Å². The molecule has 1 aliphatic rings. The molecule has 0 amide bonds. The number of carbonyl (C=O) groups is 1. The van der Waals surface area contributed by atoms with Crippen molar-refractivity contribution in [2.45, 2.75) is 25.0 Å². The summed E-state index contributed by atoms with van der Waals surface area (Å²) in [5.41, 5.74) is 2.25. The van der Waals surface area contributed by atoms with E-state index in [1.807, 2.05) is 12.1 Å². The molecule has 2 rings (SSSR count). The first-order valence-electron chi connectivity index (χ1n) is 6.06. The van der Waals surface area contributed by atoms with Gasteiger partial charge < -0.3 is 9.84 Å². The third-order valence-electron chi connectivity index (χ3n) is 3.34. The van der Waals surface area contributed by atoms with Crippen molar-refractivity contribution in [3.8, 4) is 5.75 Å². The van der Waals surface area contributed by atoms with Gasteiger partial charge in [-0.25, -0.2) is 0 Å². The lowest BCUT2D eigenvalue weighted by atomic mass is 9.94. The summed E-state index contributed by atoms with van der Waals surface area (Å²) in [6.45, 7) is 4.23. The van der Waals surface area contributed by atoms with Crippen LogP contribution >= 0.6 is 11.8 Å². The molecule has 0 aliphatic carbocycles. The van der Waals surface area contributed by atoms with Gasteiger partial charge in [0.15, 0.2) is 0 Å². The highest BCUT2D eigenvalue weighted by Gasteiger charge is 2.38. The van der Waals surface area contributed by atoms with Gasteiger partial charge in [0.2, 0.25) is 0 Å². The Morgan fingerprint density at radius 1 is 1.50 bits per heavy atom. The Morgan fingerprint density at radius 3 is 2.67 bits per heavy atom. The molecule has 1 aromatic rings. The highest BCUT2D eigenvalue weighted by atomic mass is 32.2. The van der Waals surface area contributed by atoms with Crippen LogP contribution in [0.25, 0.3) is 0 Å².